The molecule has 0 saturated carbocycles. The molecule has 2 unspecified atom stereocenters. The van der Waals surface area contributed by atoms with Crippen LogP contribution in [-0.2, 0) is 14.9 Å². The molecule has 0 spiro atoms. The van der Waals surface area contributed by atoms with E-state index >= 15 is 0 Å². The maximum Gasteiger partial charge on any atom is 0.420 e. The number of aliphatic hydroxyl groups is 1. The van der Waals surface area contributed by atoms with Crippen LogP contribution < -0.4 is 4.74 Å². The fourth-order valence-corrected chi connectivity index (χ4v) is 4.13. The van der Waals surface area contributed by atoms with Crippen molar-refractivity contribution in [3.63, 3.8) is 0 Å². The molecule has 0 aliphatic carbocycles. The number of aliphatic hydroxyl groups excluding tert-OH is 1. The summed E-state index contributed by atoms with van der Waals surface area (Å²) >= 11 is 0. The van der Waals surface area contributed by atoms with E-state index in [1.54, 1.807) is 19.9 Å². The van der Waals surface area contributed by atoms with E-state index in [1.165, 1.54) is 52.3 Å². The first-order valence-corrected chi connectivity index (χ1v) is 10.1. The van der Waals surface area contributed by atoms with Gasteiger partial charge in [-0.1, -0.05) is 43.2 Å². The van der Waals surface area contributed by atoms with E-state index in [0.717, 1.165) is 6.07 Å². The van der Waals surface area contributed by atoms with Crippen molar-refractivity contribution in [2.75, 3.05) is 21.0 Å². The topological polar surface area (TPSA) is 47.9 Å². The van der Waals surface area contributed by atoms with Crippen molar-refractivity contribution in [1.29, 1.82) is 0 Å². The highest BCUT2D eigenvalue weighted by atomic mass is 19.4. The van der Waals surface area contributed by atoms with Crippen molar-refractivity contribution < 1.29 is 36.9 Å². The number of alkyl halides is 3. The Hall–Kier alpha value is -2.16. The molecule has 32 heavy (non-hydrogen) atoms. The van der Waals surface area contributed by atoms with Crippen LogP contribution in [0.2, 0.25) is 0 Å². The fourth-order valence-electron chi connectivity index (χ4n) is 4.13. The highest BCUT2D eigenvalue weighted by Crippen LogP contribution is 2.51. The Morgan fingerprint density at radius 2 is 1.56 bits per heavy atom. The average molecular weight is 458 g/mol. The number of hydrogen-bond donors (Lipinski definition) is 1. The standard InChI is InChI=1S/C24H30F4O4/c1-15-9-16(2)11-17(10-15)21(29)23(24(26,27)28,32-14-30-5)13-22(3,4)19-12-18(25)7-8-20(19)31-6/h7-12,21,29H,13-14H2,1-6H3. The van der Waals surface area contributed by atoms with Crippen LogP contribution in [0.3, 0.4) is 0 Å². The summed E-state index contributed by atoms with van der Waals surface area (Å²) in [4.78, 5) is 0. The zero-order valence-electron chi connectivity index (χ0n) is 19.1. The summed E-state index contributed by atoms with van der Waals surface area (Å²) in [5, 5.41) is 11.1. The van der Waals surface area contributed by atoms with Gasteiger partial charge in [0.2, 0.25) is 0 Å². The largest absolute Gasteiger partial charge is 0.496 e. The van der Waals surface area contributed by atoms with E-state index in [1.807, 2.05) is 0 Å². The molecule has 0 bridgehead atoms. The van der Waals surface area contributed by atoms with Gasteiger partial charge < -0.3 is 19.3 Å². The molecule has 8 heteroatoms. The molecule has 178 valence electrons. The average Bonchev–Trinajstić information content (AvgIpc) is 2.68. The molecule has 2 aromatic carbocycles. The van der Waals surface area contributed by atoms with Crippen LogP contribution in [0.1, 0.15) is 48.6 Å². The van der Waals surface area contributed by atoms with Crippen LogP contribution in [-0.4, -0.2) is 37.9 Å². The van der Waals surface area contributed by atoms with Crippen LogP contribution in [0.15, 0.2) is 36.4 Å². The second kappa shape index (κ2) is 9.77. The lowest BCUT2D eigenvalue weighted by atomic mass is 9.71. The molecule has 0 heterocycles. The molecular formula is C24H30F4O4. The van der Waals surface area contributed by atoms with Gasteiger partial charge in [0, 0.05) is 12.7 Å². The SMILES string of the molecule is COCOC(CC(C)(C)c1cc(F)ccc1OC)(C(O)c1cc(C)cc(C)c1)C(F)(F)F. The second-order valence-electron chi connectivity index (χ2n) is 8.67. The molecule has 2 aromatic rings. The third kappa shape index (κ3) is 5.42. The van der Waals surface area contributed by atoms with Crippen LogP contribution in [0.25, 0.3) is 0 Å². The summed E-state index contributed by atoms with van der Waals surface area (Å²) < 4.78 is 73.4. The number of benzene rings is 2. The van der Waals surface area contributed by atoms with Crippen LogP contribution in [0, 0.1) is 19.7 Å². The number of rotatable bonds is 9. The van der Waals surface area contributed by atoms with Crippen molar-refractivity contribution in [2.45, 2.75) is 57.4 Å². The Morgan fingerprint density at radius 1 is 0.969 bits per heavy atom. The molecule has 0 fully saturated rings. The molecule has 0 radical (unpaired) electrons. The number of aryl methyl sites for hydroxylation is 2. The molecule has 1 N–H and O–H groups in total. The third-order valence-corrected chi connectivity index (χ3v) is 5.51. The summed E-state index contributed by atoms with van der Waals surface area (Å²) in [5.74, 6) is -0.376. The molecule has 4 nitrogen and oxygen atoms in total. The lowest BCUT2D eigenvalue weighted by Gasteiger charge is -2.44. The lowest BCUT2D eigenvalue weighted by molar-refractivity contribution is -0.331. The van der Waals surface area contributed by atoms with Gasteiger partial charge in [0.05, 0.1) is 7.11 Å². The zero-order valence-corrected chi connectivity index (χ0v) is 19.1. The Balaban J connectivity index is 2.69. The van der Waals surface area contributed by atoms with Gasteiger partial charge in [0.15, 0.2) is 5.60 Å². The maximum absolute atomic E-state index is 14.7. The van der Waals surface area contributed by atoms with Crippen LogP contribution in [0.5, 0.6) is 5.75 Å². The van der Waals surface area contributed by atoms with E-state index in [4.69, 9.17) is 14.2 Å². The summed E-state index contributed by atoms with van der Waals surface area (Å²) in [6.45, 7) is 5.81. The van der Waals surface area contributed by atoms with Crippen molar-refractivity contribution in [2.24, 2.45) is 0 Å². The molecule has 2 atom stereocenters. The minimum Gasteiger partial charge on any atom is -0.496 e. The Kier molecular flexibility index (Phi) is 7.96. The number of ether oxygens (including phenoxy) is 3. The lowest BCUT2D eigenvalue weighted by Crippen LogP contribution is -2.55. The molecule has 0 saturated heterocycles. The van der Waals surface area contributed by atoms with E-state index in [0.29, 0.717) is 11.1 Å². The summed E-state index contributed by atoms with van der Waals surface area (Å²) in [7, 11) is 2.56. The number of hydrogen-bond acceptors (Lipinski definition) is 4. The summed E-state index contributed by atoms with van der Waals surface area (Å²) in [6.07, 6.45) is -7.77. The zero-order chi connectivity index (χ0) is 24.3. The fraction of sp³-hybridized carbons (Fsp3) is 0.500. The van der Waals surface area contributed by atoms with Gasteiger partial charge in [-0.3, -0.25) is 0 Å². The van der Waals surface area contributed by atoms with Crippen LogP contribution >= 0.6 is 0 Å². The summed E-state index contributed by atoms with van der Waals surface area (Å²) in [5.41, 5.74) is -2.65. The van der Waals surface area contributed by atoms with Gasteiger partial charge in [0.1, 0.15) is 24.5 Å². The van der Waals surface area contributed by atoms with Crippen LogP contribution in [0.4, 0.5) is 17.6 Å². The maximum atomic E-state index is 14.7. The minimum atomic E-state index is -4.99. The third-order valence-electron chi connectivity index (χ3n) is 5.51. The minimum absolute atomic E-state index is 0.0675. The molecule has 0 aliphatic heterocycles. The van der Waals surface area contributed by atoms with Gasteiger partial charge in [-0.15, -0.1) is 0 Å². The normalized spacial score (nSPS) is 15.3. The quantitative estimate of drug-likeness (QED) is 0.383. The van der Waals surface area contributed by atoms with Gasteiger partial charge >= 0.3 is 6.18 Å². The first kappa shape index (κ1) is 26.1. The molecule has 0 amide bonds. The monoisotopic (exact) mass is 458 g/mol. The Labute approximate surface area is 186 Å². The second-order valence-corrected chi connectivity index (χ2v) is 8.67. The first-order valence-electron chi connectivity index (χ1n) is 10.1. The number of halogens is 4. The van der Waals surface area contributed by atoms with Gasteiger partial charge in [0.25, 0.3) is 0 Å². The molecule has 2 rings (SSSR count). The van der Waals surface area contributed by atoms with Gasteiger partial charge in [-0.05, 0) is 49.4 Å². The van der Waals surface area contributed by atoms with Gasteiger partial charge in [-0.2, -0.15) is 13.2 Å². The predicted molar refractivity (Wildman–Crippen MR) is 113 cm³/mol. The number of methoxy groups -OCH3 is 2. The van der Waals surface area contributed by atoms with E-state index in [-0.39, 0.29) is 16.9 Å². The molecular weight excluding hydrogens is 428 g/mol. The van der Waals surface area contributed by atoms with Crippen molar-refractivity contribution in [3.8, 4) is 5.75 Å². The van der Waals surface area contributed by atoms with E-state index in [2.05, 4.69) is 0 Å². The Bertz CT molecular complexity index is 906. The molecule has 0 aromatic heterocycles. The molecule has 0 aliphatic rings. The van der Waals surface area contributed by atoms with E-state index < -0.39 is 42.3 Å². The predicted octanol–water partition coefficient (Wildman–Crippen LogP) is 5.77. The highest BCUT2D eigenvalue weighted by Gasteiger charge is 2.63. The van der Waals surface area contributed by atoms with Crippen molar-refractivity contribution >= 4 is 0 Å². The van der Waals surface area contributed by atoms with E-state index in [9.17, 15) is 22.7 Å². The van der Waals surface area contributed by atoms with Crippen molar-refractivity contribution in [3.05, 3.63) is 64.5 Å². The smallest absolute Gasteiger partial charge is 0.420 e. The Morgan fingerprint density at radius 3 is 2.06 bits per heavy atom. The first-order chi connectivity index (χ1) is 14.8. The highest BCUT2D eigenvalue weighted by molar-refractivity contribution is 5.40. The van der Waals surface area contributed by atoms with Gasteiger partial charge in [-0.25, -0.2) is 4.39 Å². The summed E-state index contributed by atoms with van der Waals surface area (Å²) in [6, 6.07) is 8.44. The van der Waals surface area contributed by atoms with Crippen molar-refractivity contribution in [1.82, 2.24) is 0 Å².